The molecule has 0 unspecified atom stereocenters. The fourth-order valence-corrected chi connectivity index (χ4v) is 1.88. The molecular weight excluding hydrogens is 273 g/mol. The number of aryl methyl sites for hydroxylation is 1. The Balaban J connectivity index is 2.77. The Morgan fingerprint density at radius 3 is 2.63 bits per heavy atom. The average Bonchev–Trinajstić information content (AvgIpc) is 2.32. The zero-order chi connectivity index (χ0) is 14.6. The maximum atomic E-state index is 13.4. The second-order valence-electron chi connectivity index (χ2n) is 4.31. The number of carboxylic acid groups (broad SMARTS) is 1. The van der Waals surface area contributed by atoms with E-state index >= 15 is 0 Å². The minimum absolute atomic E-state index is 0.0202. The van der Waals surface area contributed by atoms with Crippen LogP contribution in [0.2, 0.25) is 5.02 Å². The van der Waals surface area contributed by atoms with Crippen molar-refractivity contribution in [3.63, 3.8) is 0 Å². The number of aliphatic carboxylic acids is 1. The van der Waals surface area contributed by atoms with Crippen molar-refractivity contribution in [2.24, 2.45) is 0 Å². The standard InChI is InChI=1S/C13H15ClFNO3/c1-8-6-10(14)9(7-11(8)15)13(19)16(2)5-3-4-12(17)18/h6-7H,3-5H2,1-2H3,(H,17,18). The number of carbonyl (C=O) groups excluding carboxylic acids is 1. The molecule has 0 fully saturated rings. The fraction of sp³-hybridized carbons (Fsp3) is 0.385. The summed E-state index contributed by atoms with van der Waals surface area (Å²) < 4.78 is 13.4. The van der Waals surface area contributed by atoms with Gasteiger partial charge in [0.25, 0.3) is 5.91 Å². The summed E-state index contributed by atoms with van der Waals surface area (Å²) in [6.45, 7) is 1.84. The molecular formula is C13H15ClFNO3. The van der Waals surface area contributed by atoms with Crippen LogP contribution in [0.1, 0.15) is 28.8 Å². The third kappa shape index (κ3) is 4.21. The van der Waals surface area contributed by atoms with Gasteiger partial charge in [0, 0.05) is 20.0 Å². The van der Waals surface area contributed by atoms with E-state index in [1.54, 1.807) is 6.92 Å². The van der Waals surface area contributed by atoms with Gasteiger partial charge >= 0.3 is 5.97 Å². The van der Waals surface area contributed by atoms with Gasteiger partial charge < -0.3 is 10.0 Å². The quantitative estimate of drug-likeness (QED) is 0.906. The van der Waals surface area contributed by atoms with Crippen molar-refractivity contribution in [3.8, 4) is 0 Å². The molecule has 1 rings (SSSR count). The van der Waals surface area contributed by atoms with Gasteiger partial charge in [0.1, 0.15) is 5.82 Å². The highest BCUT2D eigenvalue weighted by molar-refractivity contribution is 6.33. The van der Waals surface area contributed by atoms with Crippen LogP contribution in [-0.2, 0) is 4.79 Å². The highest BCUT2D eigenvalue weighted by Gasteiger charge is 2.17. The summed E-state index contributed by atoms with van der Waals surface area (Å²) in [5.41, 5.74) is 0.456. The first-order valence-corrected chi connectivity index (χ1v) is 6.13. The molecule has 1 amide bonds. The Bertz CT molecular complexity index is 505. The predicted molar refractivity (Wildman–Crippen MR) is 70.0 cm³/mol. The molecule has 1 aromatic rings. The molecule has 0 radical (unpaired) electrons. The SMILES string of the molecule is Cc1cc(Cl)c(C(=O)N(C)CCCC(=O)O)cc1F. The Hall–Kier alpha value is -1.62. The minimum Gasteiger partial charge on any atom is -0.481 e. The van der Waals surface area contributed by atoms with Crippen molar-refractivity contribution in [1.29, 1.82) is 0 Å². The summed E-state index contributed by atoms with van der Waals surface area (Å²) in [6.07, 6.45) is 0.317. The molecule has 0 aromatic heterocycles. The zero-order valence-electron chi connectivity index (χ0n) is 10.7. The van der Waals surface area contributed by atoms with Gasteiger partial charge in [-0.15, -0.1) is 0 Å². The first-order valence-electron chi connectivity index (χ1n) is 5.76. The lowest BCUT2D eigenvalue weighted by atomic mass is 10.1. The third-order valence-corrected chi connectivity index (χ3v) is 3.02. The fourth-order valence-electron chi connectivity index (χ4n) is 1.58. The summed E-state index contributed by atoms with van der Waals surface area (Å²) in [4.78, 5) is 23.7. The van der Waals surface area contributed by atoms with Gasteiger partial charge in [0.15, 0.2) is 0 Å². The van der Waals surface area contributed by atoms with E-state index in [1.807, 2.05) is 0 Å². The number of rotatable bonds is 5. The maximum absolute atomic E-state index is 13.4. The van der Waals surface area contributed by atoms with Crippen LogP contribution in [0.25, 0.3) is 0 Å². The minimum atomic E-state index is -0.916. The van der Waals surface area contributed by atoms with E-state index in [0.717, 1.165) is 6.07 Å². The van der Waals surface area contributed by atoms with Crippen LogP contribution in [0.4, 0.5) is 4.39 Å². The lowest BCUT2D eigenvalue weighted by Gasteiger charge is -2.17. The van der Waals surface area contributed by atoms with Crippen LogP contribution < -0.4 is 0 Å². The Labute approximate surface area is 115 Å². The number of carboxylic acids is 1. The van der Waals surface area contributed by atoms with Crippen LogP contribution in [0, 0.1) is 12.7 Å². The van der Waals surface area contributed by atoms with Crippen LogP contribution >= 0.6 is 11.6 Å². The monoisotopic (exact) mass is 287 g/mol. The van der Waals surface area contributed by atoms with Crippen molar-refractivity contribution in [2.75, 3.05) is 13.6 Å². The van der Waals surface area contributed by atoms with Crippen molar-refractivity contribution in [3.05, 3.63) is 34.1 Å². The molecule has 19 heavy (non-hydrogen) atoms. The third-order valence-electron chi connectivity index (χ3n) is 2.71. The summed E-state index contributed by atoms with van der Waals surface area (Å²) in [6, 6.07) is 2.50. The Kier molecular flexibility index (Phi) is 5.30. The number of benzene rings is 1. The molecule has 0 atom stereocenters. The van der Waals surface area contributed by atoms with Crippen molar-refractivity contribution in [1.82, 2.24) is 4.90 Å². The van der Waals surface area contributed by atoms with E-state index in [-0.39, 0.29) is 23.6 Å². The normalized spacial score (nSPS) is 10.3. The van der Waals surface area contributed by atoms with Crippen molar-refractivity contribution >= 4 is 23.5 Å². The maximum Gasteiger partial charge on any atom is 0.303 e. The first kappa shape index (κ1) is 15.4. The largest absolute Gasteiger partial charge is 0.481 e. The van der Waals surface area contributed by atoms with E-state index in [4.69, 9.17) is 16.7 Å². The molecule has 1 aromatic carbocycles. The second kappa shape index (κ2) is 6.52. The average molecular weight is 288 g/mol. The molecule has 0 aliphatic heterocycles. The number of halogens is 2. The van der Waals surface area contributed by atoms with E-state index in [2.05, 4.69) is 0 Å². The van der Waals surface area contributed by atoms with Gasteiger partial charge in [0.2, 0.25) is 0 Å². The number of hydrogen-bond acceptors (Lipinski definition) is 2. The highest BCUT2D eigenvalue weighted by atomic mass is 35.5. The molecule has 4 nitrogen and oxygen atoms in total. The van der Waals surface area contributed by atoms with Crippen LogP contribution in [0.5, 0.6) is 0 Å². The summed E-state index contributed by atoms with van der Waals surface area (Å²) >= 11 is 5.92. The summed E-state index contributed by atoms with van der Waals surface area (Å²) in [7, 11) is 1.53. The molecule has 1 N–H and O–H groups in total. The van der Waals surface area contributed by atoms with Gasteiger partial charge in [-0.3, -0.25) is 9.59 Å². The molecule has 0 bridgehead atoms. The topological polar surface area (TPSA) is 57.6 Å². The molecule has 0 spiro atoms. The second-order valence-corrected chi connectivity index (χ2v) is 4.71. The molecule has 6 heteroatoms. The predicted octanol–water partition coefficient (Wildman–Crippen LogP) is 2.72. The summed E-state index contributed by atoms with van der Waals surface area (Å²) in [5, 5.41) is 8.71. The number of carbonyl (C=O) groups is 2. The molecule has 0 aliphatic rings. The smallest absolute Gasteiger partial charge is 0.303 e. The lowest BCUT2D eigenvalue weighted by molar-refractivity contribution is -0.137. The lowest BCUT2D eigenvalue weighted by Crippen LogP contribution is -2.28. The number of hydrogen-bond donors (Lipinski definition) is 1. The van der Waals surface area contributed by atoms with Gasteiger partial charge in [-0.05, 0) is 31.0 Å². The first-order chi connectivity index (χ1) is 8.82. The van der Waals surface area contributed by atoms with Crippen LogP contribution in [0.3, 0.4) is 0 Å². The van der Waals surface area contributed by atoms with E-state index in [1.165, 1.54) is 18.0 Å². The Morgan fingerprint density at radius 1 is 1.42 bits per heavy atom. The molecule has 0 saturated carbocycles. The molecule has 0 heterocycles. The molecule has 0 saturated heterocycles. The van der Waals surface area contributed by atoms with Crippen molar-refractivity contribution in [2.45, 2.75) is 19.8 Å². The highest BCUT2D eigenvalue weighted by Crippen LogP contribution is 2.21. The van der Waals surface area contributed by atoms with Gasteiger partial charge in [-0.1, -0.05) is 11.6 Å². The van der Waals surface area contributed by atoms with Crippen molar-refractivity contribution < 1.29 is 19.1 Å². The van der Waals surface area contributed by atoms with E-state index in [9.17, 15) is 14.0 Å². The zero-order valence-corrected chi connectivity index (χ0v) is 11.5. The number of amides is 1. The van der Waals surface area contributed by atoms with E-state index < -0.39 is 17.7 Å². The summed E-state index contributed by atoms with van der Waals surface area (Å²) in [5.74, 6) is -1.83. The molecule has 104 valence electrons. The van der Waals surface area contributed by atoms with Gasteiger partial charge in [0.05, 0.1) is 10.6 Å². The van der Waals surface area contributed by atoms with Gasteiger partial charge in [-0.2, -0.15) is 0 Å². The van der Waals surface area contributed by atoms with Crippen LogP contribution in [0.15, 0.2) is 12.1 Å². The van der Waals surface area contributed by atoms with Crippen LogP contribution in [-0.4, -0.2) is 35.5 Å². The van der Waals surface area contributed by atoms with Gasteiger partial charge in [-0.25, -0.2) is 4.39 Å². The Morgan fingerprint density at radius 2 is 2.05 bits per heavy atom. The van der Waals surface area contributed by atoms with E-state index in [0.29, 0.717) is 12.0 Å². The molecule has 0 aliphatic carbocycles. The number of nitrogens with zero attached hydrogens (tertiary/aromatic N) is 1.